The SMILES string of the molecule is CC(=O)N1CCN(Cc2ccccc2NC(=O)C2CCCCC2)CC1. The van der Waals surface area contributed by atoms with Crippen molar-refractivity contribution in [2.45, 2.75) is 45.6 Å². The molecule has 1 aliphatic heterocycles. The van der Waals surface area contributed by atoms with Crippen LogP contribution in [-0.4, -0.2) is 47.8 Å². The van der Waals surface area contributed by atoms with E-state index in [2.05, 4.69) is 16.3 Å². The van der Waals surface area contributed by atoms with Crippen LogP contribution in [0.5, 0.6) is 0 Å². The third kappa shape index (κ3) is 4.82. The number of para-hydroxylation sites is 1. The monoisotopic (exact) mass is 343 g/mol. The molecule has 1 aromatic carbocycles. The first kappa shape index (κ1) is 17.9. The molecule has 3 rings (SSSR count). The molecule has 25 heavy (non-hydrogen) atoms. The lowest BCUT2D eigenvalue weighted by Crippen LogP contribution is -2.47. The van der Waals surface area contributed by atoms with Crippen molar-refractivity contribution in [2.24, 2.45) is 5.92 Å². The summed E-state index contributed by atoms with van der Waals surface area (Å²) in [6, 6.07) is 8.10. The normalized spacial score (nSPS) is 19.6. The lowest BCUT2D eigenvalue weighted by atomic mass is 9.88. The predicted octanol–water partition coefficient (Wildman–Crippen LogP) is 2.87. The summed E-state index contributed by atoms with van der Waals surface area (Å²) < 4.78 is 0. The molecule has 0 radical (unpaired) electrons. The Morgan fingerprint density at radius 1 is 1.04 bits per heavy atom. The largest absolute Gasteiger partial charge is 0.340 e. The van der Waals surface area contributed by atoms with E-state index in [1.54, 1.807) is 6.92 Å². The van der Waals surface area contributed by atoms with E-state index in [1.807, 2.05) is 23.1 Å². The molecule has 2 fully saturated rings. The van der Waals surface area contributed by atoms with Crippen LogP contribution in [0.1, 0.15) is 44.6 Å². The molecular weight excluding hydrogens is 314 g/mol. The van der Waals surface area contributed by atoms with Gasteiger partial charge < -0.3 is 10.2 Å². The van der Waals surface area contributed by atoms with Gasteiger partial charge in [0.2, 0.25) is 11.8 Å². The summed E-state index contributed by atoms with van der Waals surface area (Å²) in [5, 5.41) is 3.17. The molecule has 0 spiro atoms. The Kier molecular flexibility index (Phi) is 6.08. The number of piperazine rings is 1. The van der Waals surface area contributed by atoms with Gasteiger partial charge >= 0.3 is 0 Å². The molecule has 1 aromatic rings. The average molecular weight is 343 g/mol. The zero-order valence-electron chi connectivity index (χ0n) is 15.2. The number of carbonyl (C=O) groups is 2. The number of rotatable bonds is 4. The number of nitrogens with zero attached hydrogens (tertiary/aromatic N) is 2. The van der Waals surface area contributed by atoms with Crippen LogP contribution in [-0.2, 0) is 16.1 Å². The van der Waals surface area contributed by atoms with Crippen LogP contribution in [0.25, 0.3) is 0 Å². The predicted molar refractivity (Wildman–Crippen MR) is 99.2 cm³/mol. The first-order valence-electron chi connectivity index (χ1n) is 9.50. The summed E-state index contributed by atoms with van der Waals surface area (Å²) >= 11 is 0. The van der Waals surface area contributed by atoms with Gasteiger partial charge in [-0.15, -0.1) is 0 Å². The number of nitrogens with one attached hydrogen (secondary N) is 1. The molecule has 5 nitrogen and oxygen atoms in total. The van der Waals surface area contributed by atoms with Gasteiger partial charge in [-0.05, 0) is 24.5 Å². The second-order valence-corrected chi connectivity index (χ2v) is 7.26. The first-order valence-corrected chi connectivity index (χ1v) is 9.50. The molecular formula is C20H29N3O2. The molecule has 1 saturated heterocycles. The Morgan fingerprint density at radius 2 is 1.72 bits per heavy atom. The average Bonchev–Trinajstić information content (AvgIpc) is 2.64. The fraction of sp³-hybridized carbons (Fsp3) is 0.600. The molecule has 2 aliphatic rings. The number of anilines is 1. The molecule has 0 atom stereocenters. The summed E-state index contributed by atoms with van der Waals surface area (Å²) in [6.45, 7) is 5.77. The second-order valence-electron chi connectivity index (χ2n) is 7.26. The highest BCUT2D eigenvalue weighted by Crippen LogP contribution is 2.26. The molecule has 0 unspecified atom stereocenters. The van der Waals surface area contributed by atoms with E-state index < -0.39 is 0 Å². The smallest absolute Gasteiger partial charge is 0.227 e. The van der Waals surface area contributed by atoms with Gasteiger partial charge in [0.25, 0.3) is 0 Å². The van der Waals surface area contributed by atoms with E-state index in [0.29, 0.717) is 0 Å². The van der Waals surface area contributed by atoms with Crippen LogP contribution < -0.4 is 5.32 Å². The standard InChI is InChI=1S/C20H29N3O2/c1-16(24)23-13-11-22(12-14-23)15-18-9-5-6-10-19(18)21-20(25)17-7-3-2-4-8-17/h5-6,9-10,17H,2-4,7-8,11-15H2,1H3,(H,21,25). The van der Waals surface area contributed by atoms with Gasteiger partial charge in [-0.25, -0.2) is 0 Å². The van der Waals surface area contributed by atoms with Crippen molar-refractivity contribution in [3.63, 3.8) is 0 Å². The molecule has 1 heterocycles. The van der Waals surface area contributed by atoms with Crippen molar-refractivity contribution in [2.75, 3.05) is 31.5 Å². The van der Waals surface area contributed by atoms with Crippen LogP contribution in [0.2, 0.25) is 0 Å². The molecule has 2 amide bonds. The van der Waals surface area contributed by atoms with E-state index >= 15 is 0 Å². The minimum absolute atomic E-state index is 0.153. The molecule has 0 bridgehead atoms. The van der Waals surface area contributed by atoms with E-state index in [9.17, 15) is 9.59 Å². The zero-order chi connectivity index (χ0) is 17.6. The molecule has 0 aromatic heterocycles. The van der Waals surface area contributed by atoms with Crippen LogP contribution in [0, 0.1) is 5.92 Å². The number of benzene rings is 1. The number of carbonyl (C=O) groups excluding carboxylic acids is 2. The highest BCUT2D eigenvalue weighted by Gasteiger charge is 2.23. The van der Waals surface area contributed by atoms with Gasteiger partial charge in [0, 0.05) is 51.3 Å². The van der Waals surface area contributed by atoms with Crippen LogP contribution in [0.3, 0.4) is 0 Å². The first-order chi connectivity index (χ1) is 12.1. The third-order valence-electron chi connectivity index (χ3n) is 5.46. The molecule has 1 N–H and O–H groups in total. The summed E-state index contributed by atoms with van der Waals surface area (Å²) in [4.78, 5) is 28.3. The molecule has 136 valence electrons. The highest BCUT2D eigenvalue weighted by atomic mass is 16.2. The van der Waals surface area contributed by atoms with E-state index in [0.717, 1.165) is 56.8 Å². The lowest BCUT2D eigenvalue weighted by Gasteiger charge is -2.34. The van der Waals surface area contributed by atoms with Crippen molar-refractivity contribution in [1.82, 2.24) is 9.80 Å². The van der Waals surface area contributed by atoms with Gasteiger partial charge in [0.15, 0.2) is 0 Å². The number of hydrogen-bond donors (Lipinski definition) is 1. The van der Waals surface area contributed by atoms with Gasteiger partial charge in [-0.3, -0.25) is 14.5 Å². The minimum atomic E-state index is 0.153. The van der Waals surface area contributed by atoms with Crippen molar-refractivity contribution in [3.05, 3.63) is 29.8 Å². The van der Waals surface area contributed by atoms with Crippen molar-refractivity contribution in [1.29, 1.82) is 0 Å². The van der Waals surface area contributed by atoms with Gasteiger partial charge in [-0.1, -0.05) is 37.5 Å². The Balaban J connectivity index is 1.59. The number of amides is 2. The maximum Gasteiger partial charge on any atom is 0.227 e. The fourth-order valence-corrected chi connectivity index (χ4v) is 3.84. The zero-order valence-corrected chi connectivity index (χ0v) is 15.2. The van der Waals surface area contributed by atoms with Crippen molar-refractivity contribution >= 4 is 17.5 Å². The lowest BCUT2D eigenvalue weighted by molar-refractivity contribution is -0.130. The summed E-state index contributed by atoms with van der Waals surface area (Å²) in [5.74, 6) is 0.495. The maximum atomic E-state index is 12.6. The fourth-order valence-electron chi connectivity index (χ4n) is 3.84. The Labute approximate surface area is 150 Å². The second kappa shape index (κ2) is 8.48. The van der Waals surface area contributed by atoms with Crippen LogP contribution in [0.15, 0.2) is 24.3 Å². The Hall–Kier alpha value is -1.88. The summed E-state index contributed by atoms with van der Waals surface area (Å²) in [6.07, 6.45) is 5.62. The molecule has 1 saturated carbocycles. The summed E-state index contributed by atoms with van der Waals surface area (Å²) in [7, 11) is 0. The summed E-state index contributed by atoms with van der Waals surface area (Å²) in [5.41, 5.74) is 2.09. The Morgan fingerprint density at radius 3 is 2.40 bits per heavy atom. The van der Waals surface area contributed by atoms with E-state index in [4.69, 9.17) is 0 Å². The van der Waals surface area contributed by atoms with Crippen LogP contribution >= 0.6 is 0 Å². The maximum absolute atomic E-state index is 12.6. The van der Waals surface area contributed by atoms with Crippen molar-refractivity contribution in [3.8, 4) is 0 Å². The number of hydrogen-bond acceptors (Lipinski definition) is 3. The highest BCUT2D eigenvalue weighted by molar-refractivity contribution is 5.93. The molecule has 5 heteroatoms. The van der Waals surface area contributed by atoms with E-state index in [-0.39, 0.29) is 17.7 Å². The van der Waals surface area contributed by atoms with Crippen LogP contribution in [0.4, 0.5) is 5.69 Å². The van der Waals surface area contributed by atoms with Crippen molar-refractivity contribution < 1.29 is 9.59 Å². The quantitative estimate of drug-likeness (QED) is 0.915. The third-order valence-corrected chi connectivity index (χ3v) is 5.46. The van der Waals surface area contributed by atoms with Gasteiger partial charge in [0.05, 0.1) is 0 Å². The Bertz CT molecular complexity index is 603. The van der Waals surface area contributed by atoms with Gasteiger partial charge in [0.1, 0.15) is 0 Å². The topological polar surface area (TPSA) is 52.7 Å². The van der Waals surface area contributed by atoms with E-state index in [1.165, 1.54) is 19.3 Å². The molecule has 1 aliphatic carbocycles. The van der Waals surface area contributed by atoms with Gasteiger partial charge in [-0.2, -0.15) is 0 Å². The minimum Gasteiger partial charge on any atom is -0.340 e.